The first-order valence-electron chi connectivity index (χ1n) is 6.23. The Hall–Kier alpha value is -1.58. The van der Waals surface area contributed by atoms with Gasteiger partial charge in [-0.15, -0.1) is 0 Å². The summed E-state index contributed by atoms with van der Waals surface area (Å²) in [5.41, 5.74) is 0.549. The third-order valence-electron chi connectivity index (χ3n) is 3.34. The topological polar surface area (TPSA) is 56.0 Å². The SMILES string of the molecule is O=C(NCC1CCCCC1)c1cc[n+]([O-])cc1. The van der Waals surface area contributed by atoms with Crippen LogP contribution in [-0.2, 0) is 0 Å². The predicted octanol–water partition coefficient (Wildman–Crippen LogP) is 1.63. The van der Waals surface area contributed by atoms with Crippen molar-refractivity contribution in [3.8, 4) is 0 Å². The number of carbonyl (C=O) groups excluding carboxylic acids is 1. The van der Waals surface area contributed by atoms with Crippen molar-refractivity contribution in [2.24, 2.45) is 5.92 Å². The Morgan fingerprint density at radius 3 is 2.59 bits per heavy atom. The number of rotatable bonds is 3. The molecule has 1 aromatic rings. The van der Waals surface area contributed by atoms with Gasteiger partial charge in [0.2, 0.25) is 0 Å². The molecule has 0 atom stereocenters. The number of aromatic nitrogens is 1. The van der Waals surface area contributed by atoms with E-state index in [9.17, 15) is 10.0 Å². The molecule has 1 saturated carbocycles. The molecule has 0 bridgehead atoms. The molecule has 4 heteroatoms. The normalized spacial score (nSPS) is 16.7. The van der Waals surface area contributed by atoms with Crippen molar-refractivity contribution in [1.29, 1.82) is 0 Å². The van der Waals surface area contributed by atoms with Crippen molar-refractivity contribution in [2.75, 3.05) is 6.54 Å². The zero-order valence-electron chi connectivity index (χ0n) is 9.89. The van der Waals surface area contributed by atoms with Crippen molar-refractivity contribution in [3.63, 3.8) is 0 Å². The Morgan fingerprint density at radius 1 is 1.29 bits per heavy atom. The first-order valence-corrected chi connectivity index (χ1v) is 6.23. The third-order valence-corrected chi connectivity index (χ3v) is 3.34. The lowest BCUT2D eigenvalue weighted by Crippen LogP contribution is -2.31. The maximum absolute atomic E-state index is 11.8. The first kappa shape index (κ1) is 11.9. The van der Waals surface area contributed by atoms with Crippen LogP contribution in [-0.4, -0.2) is 12.5 Å². The summed E-state index contributed by atoms with van der Waals surface area (Å²) in [4.78, 5) is 11.8. The average molecular weight is 234 g/mol. The van der Waals surface area contributed by atoms with Crippen LogP contribution in [0.5, 0.6) is 0 Å². The van der Waals surface area contributed by atoms with Crippen molar-refractivity contribution in [2.45, 2.75) is 32.1 Å². The minimum atomic E-state index is -0.0869. The molecule has 0 aromatic carbocycles. The maximum Gasteiger partial charge on any atom is 0.251 e. The van der Waals surface area contributed by atoms with Crippen molar-refractivity contribution >= 4 is 5.91 Å². The molecule has 1 N–H and O–H groups in total. The molecule has 0 aliphatic heterocycles. The fourth-order valence-electron chi connectivity index (χ4n) is 2.29. The Morgan fingerprint density at radius 2 is 1.94 bits per heavy atom. The molecule has 4 nitrogen and oxygen atoms in total. The highest BCUT2D eigenvalue weighted by Crippen LogP contribution is 2.22. The van der Waals surface area contributed by atoms with Gasteiger partial charge in [-0.25, -0.2) is 0 Å². The summed E-state index contributed by atoms with van der Waals surface area (Å²) in [6.07, 6.45) is 9.01. The van der Waals surface area contributed by atoms with Gasteiger partial charge < -0.3 is 10.5 Å². The van der Waals surface area contributed by atoms with E-state index in [2.05, 4.69) is 5.32 Å². The van der Waals surface area contributed by atoms with E-state index in [1.807, 2.05) is 0 Å². The minimum Gasteiger partial charge on any atom is -0.619 e. The van der Waals surface area contributed by atoms with Crippen molar-refractivity contribution in [3.05, 3.63) is 35.3 Å². The molecule has 1 aliphatic rings. The van der Waals surface area contributed by atoms with Gasteiger partial charge in [-0.2, -0.15) is 4.73 Å². The second-order valence-electron chi connectivity index (χ2n) is 4.66. The molecule has 1 fully saturated rings. The van der Waals surface area contributed by atoms with E-state index in [0.29, 0.717) is 16.2 Å². The van der Waals surface area contributed by atoms with Crippen molar-refractivity contribution in [1.82, 2.24) is 5.32 Å². The molecule has 1 aliphatic carbocycles. The fraction of sp³-hybridized carbons (Fsp3) is 0.538. The minimum absolute atomic E-state index is 0.0869. The fourth-order valence-corrected chi connectivity index (χ4v) is 2.29. The summed E-state index contributed by atoms with van der Waals surface area (Å²) >= 11 is 0. The molecule has 1 aromatic heterocycles. The summed E-state index contributed by atoms with van der Waals surface area (Å²) in [5.74, 6) is 0.539. The molecule has 17 heavy (non-hydrogen) atoms. The standard InChI is InChI=1S/C13H18N2O2/c16-13(12-6-8-15(17)9-7-12)14-10-11-4-2-1-3-5-11/h6-9,11H,1-5,10H2,(H,14,16). The third kappa shape index (κ3) is 3.44. The van der Waals surface area contributed by atoms with Crippen LogP contribution < -0.4 is 10.0 Å². The Bertz CT molecular complexity index is 370. The number of pyridine rings is 1. The van der Waals surface area contributed by atoms with E-state index < -0.39 is 0 Å². The molecular formula is C13H18N2O2. The first-order chi connectivity index (χ1) is 8.25. The highest BCUT2D eigenvalue weighted by Gasteiger charge is 2.14. The average Bonchev–Trinajstić information content (AvgIpc) is 2.38. The quantitative estimate of drug-likeness (QED) is 0.638. The van der Waals surface area contributed by atoms with Gasteiger partial charge in [0.15, 0.2) is 12.4 Å². The summed E-state index contributed by atoms with van der Waals surface area (Å²) in [6, 6.07) is 3.09. The van der Waals surface area contributed by atoms with E-state index >= 15 is 0 Å². The summed E-state index contributed by atoms with van der Waals surface area (Å²) in [5, 5.41) is 13.8. The monoisotopic (exact) mass is 234 g/mol. The second kappa shape index (κ2) is 5.66. The highest BCUT2D eigenvalue weighted by atomic mass is 16.5. The van der Waals surface area contributed by atoms with Crippen LogP contribution in [0.1, 0.15) is 42.5 Å². The molecule has 0 radical (unpaired) electrons. The van der Waals surface area contributed by atoms with Gasteiger partial charge >= 0.3 is 0 Å². The van der Waals surface area contributed by atoms with E-state index in [-0.39, 0.29) is 5.91 Å². The predicted molar refractivity (Wildman–Crippen MR) is 64.3 cm³/mol. The lowest BCUT2D eigenvalue weighted by atomic mass is 9.89. The van der Waals surface area contributed by atoms with Crippen LogP contribution >= 0.6 is 0 Å². The molecule has 1 heterocycles. The number of nitrogens with one attached hydrogen (secondary N) is 1. The van der Waals surface area contributed by atoms with Gasteiger partial charge in [0.1, 0.15) is 0 Å². The summed E-state index contributed by atoms with van der Waals surface area (Å²) in [6.45, 7) is 0.755. The van der Waals surface area contributed by atoms with E-state index in [0.717, 1.165) is 6.54 Å². The molecular weight excluding hydrogens is 216 g/mol. The zero-order chi connectivity index (χ0) is 12.1. The van der Waals surface area contributed by atoms with E-state index in [4.69, 9.17) is 0 Å². The van der Waals surface area contributed by atoms with Crippen LogP contribution in [0.3, 0.4) is 0 Å². The number of carbonyl (C=O) groups is 1. The van der Waals surface area contributed by atoms with Crippen LogP contribution in [0, 0.1) is 11.1 Å². The van der Waals surface area contributed by atoms with Crippen molar-refractivity contribution < 1.29 is 9.52 Å². The van der Waals surface area contributed by atoms with Gasteiger partial charge in [-0.1, -0.05) is 19.3 Å². The van der Waals surface area contributed by atoms with Gasteiger partial charge in [0.25, 0.3) is 5.91 Å². The van der Waals surface area contributed by atoms with Gasteiger partial charge in [-0.3, -0.25) is 4.79 Å². The smallest absolute Gasteiger partial charge is 0.251 e. The van der Waals surface area contributed by atoms with E-state index in [1.165, 1.54) is 44.5 Å². The number of hydrogen-bond acceptors (Lipinski definition) is 2. The maximum atomic E-state index is 11.8. The second-order valence-corrected chi connectivity index (χ2v) is 4.66. The van der Waals surface area contributed by atoms with Crippen LogP contribution in [0.4, 0.5) is 0 Å². The Balaban J connectivity index is 1.82. The molecule has 92 valence electrons. The lowest BCUT2D eigenvalue weighted by molar-refractivity contribution is -0.605. The summed E-state index contributed by atoms with van der Waals surface area (Å²) < 4.78 is 0.678. The largest absolute Gasteiger partial charge is 0.619 e. The summed E-state index contributed by atoms with van der Waals surface area (Å²) in [7, 11) is 0. The Kier molecular flexibility index (Phi) is 3.96. The zero-order valence-corrected chi connectivity index (χ0v) is 9.89. The van der Waals surface area contributed by atoms with Gasteiger partial charge in [0, 0.05) is 18.7 Å². The number of amides is 1. The number of nitrogens with zero attached hydrogens (tertiary/aromatic N) is 1. The lowest BCUT2D eigenvalue weighted by Gasteiger charge is -2.21. The van der Waals surface area contributed by atoms with Crippen LogP contribution in [0.25, 0.3) is 0 Å². The Labute approximate surface area is 101 Å². The van der Waals surface area contributed by atoms with Gasteiger partial charge in [0.05, 0.1) is 5.56 Å². The molecule has 0 saturated heterocycles. The van der Waals surface area contributed by atoms with Crippen LogP contribution in [0.2, 0.25) is 0 Å². The molecule has 0 spiro atoms. The van der Waals surface area contributed by atoms with Gasteiger partial charge in [-0.05, 0) is 18.8 Å². The van der Waals surface area contributed by atoms with E-state index in [1.54, 1.807) is 12.1 Å². The highest BCUT2D eigenvalue weighted by molar-refractivity contribution is 5.93. The molecule has 0 unspecified atom stereocenters. The number of hydrogen-bond donors (Lipinski definition) is 1. The molecule has 1 amide bonds. The molecule has 2 rings (SSSR count). The van der Waals surface area contributed by atoms with Crippen LogP contribution in [0.15, 0.2) is 24.5 Å².